The van der Waals surface area contributed by atoms with Crippen LogP contribution in [0, 0.1) is 17.8 Å². The van der Waals surface area contributed by atoms with Gasteiger partial charge in [0.15, 0.2) is 0 Å². The molecule has 110 valence electrons. The van der Waals surface area contributed by atoms with Gasteiger partial charge in [0.1, 0.15) is 0 Å². The third kappa shape index (κ3) is 2.67. The molecule has 1 aromatic rings. The fourth-order valence-corrected chi connectivity index (χ4v) is 4.73. The van der Waals surface area contributed by atoms with Crippen LogP contribution < -0.4 is 0 Å². The maximum Gasteiger partial charge on any atom is -0.0131 e. The van der Waals surface area contributed by atoms with Crippen molar-refractivity contribution in [3.8, 4) is 0 Å². The van der Waals surface area contributed by atoms with Gasteiger partial charge in [0, 0.05) is 0 Å². The van der Waals surface area contributed by atoms with Crippen molar-refractivity contribution in [2.24, 2.45) is 17.8 Å². The molecule has 0 spiro atoms. The van der Waals surface area contributed by atoms with Crippen molar-refractivity contribution in [2.75, 3.05) is 0 Å². The summed E-state index contributed by atoms with van der Waals surface area (Å²) in [6, 6.07) is 9.60. The second-order valence-corrected chi connectivity index (χ2v) is 8.41. The van der Waals surface area contributed by atoms with Crippen molar-refractivity contribution in [2.45, 2.75) is 71.1 Å². The second-order valence-electron chi connectivity index (χ2n) is 8.41. The fourth-order valence-electron chi connectivity index (χ4n) is 4.73. The molecule has 2 aliphatic carbocycles. The summed E-state index contributed by atoms with van der Waals surface area (Å²) in [5.74, 6) is 3.79. The van der Waals surface area contributed by atoms with E-state index in [2.05, 4.69) is 52.0 Å². The van der Waals surface area contributed by atoms with Gasteiger partial charge in [0.05, 0.1) is 0 Å². The molecule has 0 bridgehead atoms. The monoisotopic (exact) mass is 270 g/mol. The number of rotatable bonds is 1. The molecule has 0 amide bonds. The second kappa shape index (κ2) is 5.20. The Kier molecular flexibility index (Phi) is 3.69. The highest BCUT2D eigenvalue weighted by atomic mass is 14.4. The largest absolute Gasteiger partial charge is 0.0625 e. The maximum absolute atomic E-state index is 2.46. The van der Waals surface area contributed by atoms with E-state index in [-0.39, 0.29) is 5.41 Å². The summed E-state index contributed by atoms with van der Waals surface area (Å²) in [6.07, 6.45) is 7.31. The van der Waals surface area contributed by atoms with E-state index in [0.29, 0.717) is 0 Å². The minimum absolute atomic E-state index is 0.273. The van der Waals surface area contributed by atoms with E-state index in [1.807, 2.05) is 0 Å². The molecule has 2 aliphatic rings. The number of benzene rings is 1. The zero-order valence-corrected chi connectivity index (χ0v) is 13.7. The molecule has 0 N–H and O–H groups in total. The van der Waals surface area contributed by atoms with E-state index in [1.165, 1.54) is 37.7 Å². The van der Waals surface area contributed by atoms with Gasteiger partial charge in [-0.25, -0.2) is 0 Å². The minimum Gasteiger partial charge on any atom is -0.0625 e. The topological polar surface area (TPSA) is 0 Å². The first-order valence-corrected chi connectivity index (χ1v) is 8.55. The van der Waals surface area contributed by atoms with Crippen molar-refractivity contribution >= 4 is 0 Å². The number of fused-ring (bicyclic) bond motifs is 1. The highest BCUT2D eigenvalue weighted by Crippen LogP contribution is 2.51. The molecule has 2 saturated carbocycles. The molecule has 0 saturated heterocycles. The molecular weight excluding hydrogens is 240 g/mol. The van der Waals surface area contributed by atoms with Crippen LogP contribution in [-0.4, -0.2) is 0 Å². The fraction of sp³-hybridized carbons (Fsp3) is 0.700. The predicted octanol–water partition coefficient (Wildman–Crippen LogP) is 5.91. The van der Waals surface area contributed by atoms with Crippen LogP contribution in [0.1, 0.15) is 76.8 Å². The highest BCUT2D eigenvalue weighted by molar-refractivity contribution is 5.30. The standard InChI is InChI=1S/C20H30/c1-14-12-16-6-5-7-18(19(16)13-14)15-8-10-17(11-9-15)20(2,3)4/h8-11,14,16,18-19H,5-7,12-13H2,1-4H3. The zero-order valence-electron chi connectivity index (χ0n) is 13.7. The zero-order chi connectivity index (χ0) is 14.3. The van der Waals surface area contributed by atoms with E-state index in [1.54, 1.807) is 5.56 Å². The van der Waals surface area contributed by atoms with Crippen LogP contribution >= 0.6 is 0 Å². The van der Waals surface area contributed by atoms with Gasteiger partial charge in [-0.1, -0.05) is 64.8 Å². The van der Waals surface area contributed by atoms with Crippen LogP contribution in [0.4, 0.5) is 0 Å². The lowest BCUT2D eigenvalue weighted by Gasteiger charge is -2.34. The van der Waals surface area contributed by atoms with E-state index < -0.39 is 0 Å². The summed E-state index contributed by atoms with van der Waals surface area (Å²) in [4.78, 5) is 0. The van der Waals surface area contributed by atoms with Crippen LogP contribution in [0.3, 0.4) is 0 Å². The maximum atomic E-state index is 2.46. The van der Waals surface area contributed by atoms with E-state index in [9.17, 15) is 0 Å². The Morgan fingerprint density at radius 2 is 1.65 bits per heavy atom. The van der Waals surface area contributed by atoms with E-state index in [0.717, 1.165) is 23.7 Å². The minimum atomic E-state index is 0.273. The molecule has 0 radical (unpaired) electrons. The molecule has 0 nitrogen and oxygen atoms in total. The highest BCUT2D eigenvalue weighted by Gasteiger charge is 2.39. The Morgan fingerprint density at radius 3 is 2.30 bits per heavy atom. The lowest BCUT2D eigenvalue weighted by molar-refractivity contribution is 0.238. The van der Waals surface area contributed by atoms with Crippen molar-refractivity contribution in [1.82, 2.24) is 0 Å². The Morgan fingerprint density at radius 1 is 0.950 bits per heavy atom. The lowest BCUT2D eigenvalue weighted by atomic mass is 9.70. The van der Waals surface area contributed by atoms with Crippen molar-refractivity contribution in [3.05, 3.63) is 35.4 Å². The number of hydrogen-bond donors (Lipinski definition) is 0. The molecule has 2 fully saturated rings. The number of hydrogen-bond acceptors (Lipinski definition) is 0. The smallest absolute Gasteiger partial charge is 0.0131 e. The van der Waals surface area contributed by atoms with Gasteiger partial charge in [-0.15, -0.1) is 0 Å². The Bertz CT molecular complexity index is 448. The van der Waals surface area contributed by atoms with Gasteiger partial charge in [0.25, 0.3) is 0 Å². The van der Waals surface area contributed by atoms with Crippen LogP contribution in [0.25, 0.3) is 0 Å². The predicted molar refractivity (Wildman–Crippen MR) is 87.1 cm³/mol. The lowest BCUT2D eigenvalue weighted by Crippen LogP contribution is -2.22. The SMILES string of the molecule is CC1CC2CCCC(c3ccc(C(C)(C)C)cc3)C2C1. The van der Waals surface area contributed by atoms with Crippen LogP contribution in [0.2, 0.25) is 0 Å². The third-order valence-electron chi connectivity index (χ3n) is 5.80. The molecule has 0 aliphatic heterocycles. The molecule has 0 aromatic heterocycles. The van der Waals surface area contributed by atoms with Gasteiger partial charge in [0.2, 0.25) is 0 Å². The Hall–Kier alpha value is -0.780. The first kappa shape index (κ1) is 14.2. The average molecular weight is 270 g/mol. The Balaban J connectivity index is 1.81. The Labute approximate surface area is 125 Å². The normalized spacial score (nSPS) is 34.0. The molecule has 0 heteroatoms. The average Bonchev–Trinajstić information content (AvgIpc) is 2.78. The molecule has 1 aromatic carbocycles. The summed E-state index contributed by atoms with van der Waals surface area (Å²) in [5, 5.41) is 0. The van der Waals surface area contributed by atoms with E-state index in [4.69, 9.17) is 0 Å². The summed E-state index contributed by atoms with van der Waals surface area (Å²) < 4.78 is 0. The van der Waals surface area contributed by atoms with Crippen molar-refractivity contribution < 1.29 is 0 Å². The molecule has 4 atom stereocenters. The molecule has 0 heterocycles. The van der Waals surface area contributed by atoms with Crippen molar-refractivity contribution in [1.29, 1.82) is 0 Å². The molecular formula is C20H30. The van der Waals surface area contributed by atoms with Gasteiger partial charge >= 0.3 is 0 Å². The van der Waals surface area contributed by atoms with Gasteiger partial charge < -0.3 is 0 Å². The summed E-state index contributed by atoms with van der Waals surface area (Å²) >= 11 is 0. The molecule has 20 heavy (non-hydrogen) atoms. The van der Waals surface area contributed by atoms with Crippen LogP contribution in [0.5, 0.6) is 0 Å². The third-order valence-corrected chi connectivity index (χ3v) is 5.80. The first-order chi connectivity index (χ1) is 9.45. The molecule has 3 rings (SSSR count). The quantitative estimate of drug-likeness (QED) is 0.594. The van der Waals surface area contributed by atoms with Crippen molar-refractivity contribution in [3.63, 3.8) is 0 Å². The van der Waals surface area contributed by atoms with E-state index >= 15 is 0 Å². The van der Waals surface area contributed by atoms with Crippen LogP contribution in [-0.2, 0) is 5.41 Å². The summed E-state index contributed by atoms with van der Waals surface area (Å²) in [7, 11) is 0. The molecule has 4 unspecified atom stereocenters. The summed E-state index contributed by atoms with van der Waals surface area (Å²) in [5.41, 5.74) is 3.35. The van der Waals surface area contributed by atoms with Gasteiger partial charge in [-0.3, -0.25) is 0 Å². The van der Waals surface area contributed by atoms with Gasteiger partial charge in [-0.05, 0) is 59.5 Å². The first-order valence-electron chi connectivity index (χ1n) is 8.55. The summed E-state index contributed by atoms with van der Waals surface area (Å²) in [6.45, 7) is 9.37. The van der Waals surface area contributed by atoms with Crippen LogP contribution in [0.15, 0.2) is 24.3 Å². The van der Waals surface area contributed by atoms with Gasteiger partial charge in [-0.2, -0.15) is 0 Å².